The SMILES string of the molecule is O=C(c1cc(S(=O)(=O)CCCO)c(NCc2ccccc2)cc1[N+](=O)[O-])N1CCNCC1. The molecule has 0 aliphatic carbocycles. The molecule has 32 heavy (non-hydrogen) atoms. The predicted molar refractivity (Wildman–Crippen MR) is 119 cm³/mol. The molecule has 3 rings (SSSR count). The van der Waals surface area contributed by atoms with Gasteiger partial charge in [-0.1, -0.05) is 30.3 Å². The zero-order valence-corrected chi connectivity index (χ0v) is 18.3. The fraction of sp³-hybridized carbons (Fsp3) is 0.381. The molecule has 1 amide bonds. The average Bonchev–Trinajstić information content (AvgIpc) is 2.81. The van der Waals surface area contributed by atoms with Crippen molar-refractivity contribution in [1.29, 1.82) is 0 Å². The van der Waals surface area contributed by atoms with Crippen molar-refractivity contribution < 1.29 is 23.2 Å². The van der Waals surface area contributed by atoms with Crippen molar-refractivity contribution in [2.24, 2.45) is 0 Å². The number of carbonyl (C=O) groups is 1. The Kier molecular flexibility index (Phi) is 7.78. The number of rotatable bonds is 9. The summed E-state index contributed by atoms with van der Waals surface area (Å²) in [5, 5.41) is 26.9. The van der Waals surface area contributed by atoms with Crippen LogP contribution >= 0.6 is 0 Å². The van der Waals surface area contributed by atoms with E-state index < -0.39 is 26.4 Å². The van der Waals surface area contributed by atoms with Crippen LogP contribution in [0, 0.1) is 10.1 Å². The molecule has 1 heterocycles. The maximum atomic E-state index is 13.0. The largest absolute Gasteiger partial charge is 0.396 e. The Labute approximate surface area is 186 Å². The van der Waals surface area contributed by atoms with E-state index in [1.807, 2.05) is 30.3 Å². The molecule has 3 N–H and O–H groups in total. The van der Waals surface area contributed by atoms with Gasteiger partial charge in [0.25, 0.3) is 11.6 Å². The van der Waals surface area contributed by atoms with E-state index >= 15 is 0 Å². The third-order valence-electron chi connectivity index (χ3n) is 5.16. The lowest BCUT2D eigenvalue weighted by Crippen LogP contribution is -2.46. The molecule has 2 aromatic carbocycles. The third kappa shape index (κ3) is 5.61. The van der Waals surface area contributed by atoms with Gasteiger partial charge in [-0.2, -0.15) is 0 Å². The number of benzene rings is 2. The van der Waals surface area contributed by atoms with Gasteiger partial charge in [0.2, 0.25) is 0 Å². The summed E-state index contributed by atoms with van der Waals surface area (Å²) in [5.41, 5.74) is 0.195. The summed E-state index contributed by atoms with van der Waals surface area (Å²) in [6.45, 7) is 1.78. The topological polar surface area (TPSA) is 142 Å². The molecule has 0 spiro atoms. The number of nitrogens with one attached hydrogen (secondary N) is 2. The van der Waals surface area contributed by atoms with Gasteiger partial charge in [-0.25, -0.2) is 8.42 Å². The monoisotopic (exact) mass is 462 g/mol. The van der Waals surface area contributed by atoms with Crippen LogP contribution in [0.15, 0.2) is 47.4 Å². The van der Waals surface area contributed by atoms with E-state index in [0.29, 0.717) is 26.2 Å². The Morgan fingerprint density at radius 3 is 2.50 bits per heavy atom. The highest BCUT2D eigenvalue weighted by Gasteiger charge is 2.31. The molecular weight excluding hydrogens is 436 g/mol. The van der Waals surface area contributed by atoms with Crippen molar-refractivity contribution in [2.75, 3.05) is 43.9 Å². The summed E-state index contributed by atoms with van der Waals surface area (Å²) in [5.74, 6) is -0.922. The van der Waals surface area contributed by atoms with E-state index in [1.165, 1.54) is 4.90 Å². The number of nitrogens with zero attached hydrogens (tertiary/aromatic N) is 2. The number of hydrogen-bond acceptors (Lipinski definition) is 8. The minimum Gasteiger partial charge on any atom is -0.396 e. The first-order valence-corrected chi connectivity index (χ1v) is 11.9. The van der Waals surface area contributed by atoms with Crippen molar-refractivity contribution >= 4 is 27.1 Å². The fourth-order valence-electron chi connectivity index (χ4n) is 3.48. The minimum atomic E-state index is -3.91. The number of sulfone groups is 1. The molecule has 1 aliphatic rings. The zero-order chi connectivity index (χ0) is 23.1. The summed E-state index contributed by atoms with van der Waals surface area (Å²) in [6.07, 6.45) is 0.0124. The van der Waals surface area contributed by atoms with E-state index in [1.54, 1.807) is 0 Å². The van der Waals surface area contributed by atoms with Crippen LogP contribution in [0.2, 0.25) is 0 Å². The van der Waals surface area contributed by atoms with Gasteiger partial charge in [0, 0.05) is 45.4 Å². The van der Waals surface area contributed by atoms with Crippen LogP contribution in [0.4, 0.5) is 11.4 Å². The van der Waals surface area contributed by atoms with Crippen LogP contribution in [0.1, 0.15) is 22.3 Å². The average molecular weight is 463 g/mol. The number of amides is 1. The summed E-state index contributed by atoms with van der Waals surface area (Å²) in [6, 6.07) is 11.4. The molecule has 0 saturated carbocycles. The first-order chi connectivity index (χ1) is 15.3. The highest BCUT2D eigenvalue weighted by molar-refractivity contribution is 7.91. The summed E-state index contributed by atoms with van der Waals surface area (Å²) in [7, 11) is -3.91. The van der Waals surface area contributed by atoms with E-state index in [9.17, 15) is 23.3 Å². The van der Waals surface area contributed by atoms with Crippen LogP contribution in [-0.4, -0.2) is 67.8 Å². The van der Waals surface area contributed by atoms with Crippen molar-refractivity contribution in [3.63, 3.8) is 0 Å². The lowest BCUT2D eigenvalue weighted by Gasteiger charge is -2.27. The molecule has 11 heteroatoms. The number of aliphatic hydroxyl groups excluding tert-OH is 1. The lowest BCUT2D eigenvalue weighted by molar-refractivity contribution is -0.385. The van der Waals surface area contributed by atoms with E-state index in [-0.39, 0.29) is 41.5 Å². The predicted octanol–water partition coefficient (Wildman–Crippen LogP) is 1.41. The molecule has 0 radical (unpaired) electrons. The molecule has 1 saturated heterocycles. The van der Waals surface area contributed by atoms with E-state index in [0.717, 1.165) is 17.7 Å². The van der Waals surface area contributed by atoms with Crippen LogP contribution in [0.3, 0.4) is 0 Å². The van der Waals surface area contributed by atoms with Gasteiger partial charge in [-0.05, 0) is 18.1 Å². The van der Waals surface area contributed by atoms with Gasteiger partial charge in [0.05, 0.1) is 21.3 Å². The van der Waals surface area contributed by atoms with Crippen molar-refractivity contribution in [2.45, 2.75) is 17.9 Å². The van der Waals surface area contributed by atoms with Gasteiger partial charge < -0.3 is 20.6 Å². The molecule has 2 aromatic rings. The molecule has 1 aliphatic heterocycles. The summed E-state index contributed by atoms with van der Waals surface area (Å²) < 4.78 is 26.0. The second-order valence-corrected chi connectivity index (χ2v) is 9.48. The maximum absolute atomic E-state index is 13.0. The molecule has 172 valence electrons. The minimum absolute atomic E-state index is 0.0124. The van der Waals surface area contributed by atoms with Crippen molar-refractivity contribution in [3.05, 3.63) is 63.7 Å². The first-order valence-electron chi connectivity index (χ1n) is 10.3. The number of carbonyl (C=O) groups excluding carboxylic acids is 1. The first kappa shape index (κ1) is 23.6. The van der Waals surface area contributed by atoms with Gasteiger partial charge >= 0.3 is 0 Å². The number of anilines is 1. The maximum Gasteiger partial charge on any atom is 0.284 e. The second-order valence-electron chi connectivity index (χ2n) is 7.40. The lowest BCUT2D eigenvalue weighted by atomic mass is 10.1. The van der Waals surface area contributed by atoms with Crippen LogP contribution in [0.5, 0.6) is 0 Å². The fourth-order valence-corrected chi connectivity index (χ4v) is 4.97. The van der Waals surface area contributed by atoms with Gasteiger partial charge in [-0.15, -0.1) is 0 Å². The van der Waals surface area contributed by atoms with E-state index in [2.05, 4.69) is 10.6 Å². The Morgan fingerprint density at radius 1 is 1.19 bits per heavy atom. The third-order valence-corrected chi connectivity index (χ3v) is 7.00. The van der Waals surface area contributed by atoms with Gasteiger partial charge in [0.15, 0.2) is 9.84 Å². The number of hydrogen-bond donors (Lipinski definition) is 3. The van der Waals surface area contributed by atoms with Gasteiger partial charge in [0.1, 0.15) is 5.56 Å². The molecule has 0 aromatic heterocycles. The quantitative estimate of drug-likeness (QED) is 0.375. The highest BCUT2D eigenvalue weighted by atomic mass is 32.2. The number of aliphatic hydroxyl groups is 1. The standard InChI is InChI=1S/C21H26N4O6S/c26-11-4-12-32(30,31)20-13-17(21(27)24-9-7-22-8-10-24)19(25(28)29)14-18(20)23-15-16-5-2-1-3-6-16/h1-3,5-6,13-14,22-23,26H,4,7-12,15H2. The molecule has 1 fully saturated rings. The highest BCUT2D eigenvalue weighted by Crippen LogP contribution is 2.33. The van der Waals surface area contributed by atoms with Crippen LogP contribution < -0.4 is 10.6 Å². The zero-order valence-electron chi connectivity index (χ0n) is 17.5. The Morgan fingerprint density at radius 2 is 1.88 bits per heavy atom. The Bertz CT molecular complexity index is 1070. The normalized spacial score (nSPS) is 14.2. The summed E-state index contributed by atoms with van der Waals surface area (Å²) >= 11 is 0. The summed E-state index contributed by atoms with van der Waals surface area (Å²) in [4.78, 5) is 25.4. The smallest absolute Gasteiger partial charge is 0.284 e. The molecule has 0 unspecified atom stereocenters. The molecular formula is C21H26N4O6S. The van der Waals surface area contributed by atoms with Crippen LogP contribution in [-0.2, 0) is 16.4 Å². The van der Waals surface area contributed by atoms with Crippen LogP contribution in [0.25, 0.3) is 0 Å². The second kappa shape index (κ2) is 10.5. The van der Waals surface area contributed by atoms with Crippen molar-refractivity contribution in [3.8, 4) is 0 Å². The van der Waals surface area contributed by atoms with E-state index in [4.69, 9.17) is 5.11 Å². The van der Waals surface area contributed by atoms with Crippen molar-refractivity contribution in [1.82, 2.24) is 10.2 Å². The number of nitro benzene ring substituents is 1. The molecule has 0 bridgehead atoms. The number of nitro groups is 1. The Balaban J connectivity index is 2.06. The molecule has 10 nitrogen and oxygen atoms in total. The Hall–Kier alpha value is -3.02. The molecule has 0 atom stereocenters. The number of piperazine rings is 1. The van der Waals surface area contributed by atoms with Gasteiger partial charge in [-0.3, -0.25) is 14.9 Å².